The summed E-state index contributed by atoms with van der Waals surface area (Å²) < 4.78 is 15.2. The van der Waals surface area contributed by atoms with Crippen molar-refractivity contribution in [1.82, 2.24) is 5.32 Å². The fourth-order valence-electron chi connectivity index (χ4n) is 1.93. The molecule has 0 aliphatic heterocycles. The molecule has 0 saturated carbocycles. The molecule has 0 aliphatic rings. The summed E-state index contributed by atoms with van der Waals surface area (Å²) >= 11 is 0. The minimum absolute atomic E-state index is 0.0143. The standard InChI is InChI=1S/C17H31NO6/c1-15(12-19)6-3-4-8-18-17(21)14-24-11-10-23-9-5-7-16(20)13-22-2/h12,15H,3-11,13-14H2,1-2H3,(H,18,21)/t15-/m0/s1. The minimum Gasteiger partial charge on any atom is -0.379 e. The van der Waals surface area contributed by atoms with Crippen LogP contribution < -0.4 is 5.32 Å². The molecule has 0 spiro atoms. The molecule has 0 unspecified atom stereocenters. The molecule has 0 aromatic heterocycles. The Balaban J connectivity index is 3.28. The normalized spacial score (nSPS) is 11.9. The zero-order valence-corrected chi connectivity index (χ0v) is 14.9. The van der Waals surface area contributed by atoms with Crippen LogP contribution in [-0.4, -0.2) is 64.7 Å². The van der Waals surface area contributed by atoms with E-state index in [2.05, 4.69) is 5.32 Å². The Morgan fingerprint density at radius 1 is 1.04 bits per heavy atom. The Bertz CT molecular complexity index is 348. The van der Waals surface area contributed by atoms with Crippen LogP contribution in [0.2, 0.25) is 0 Å². The van der Waals surface area contributed by atoms with Crippen molar-refractivity contribution in [2.45, 2.75) is 39.0 Å². The molecule has 0 rings (SSSR count). The van der Waals surface area contributed by atoms with Crippen molar-refractivity contribution in [3.63, 3.8) is 0 Å². The maximum atomic E-state index is 11.5. The summed E-state index contributed by atoms with van der Waals surface area (Å²) in [5, 5.41) is 2.77. The minimum atomic E-state index is -0.149. The zero-order valence-electron chi connectivity index (χ0n) is 14.9. The molecule has 1 amide bonds. The van der Waals surface area contributed by atoms with Crippen LogP contribution in [0, 0.1) is 5.92 Å². The number of rotatable bonds is 17. The lowest BCUT2D eigenvalue weighted by Crippen LogP contribution is -2.29. The summed E-state index contributed by atoms with van der Waals surface area (Å²) in [4.78, 5) is 33.1. The largest absolute Gasteiger partial charge is 0.379 e. The van der Waals surface area contributed by atoms with Gasteiger partial charge in [0.15, 0.2) is 5.78 Å². The maximum absolute atomic E-state index is 11.5. The third-order valence-corrected chi connectivity index (χ3v) is 3.30. The Kier molecular flexibility index (Phi) is 15.6. The Hall–Kier alpha value is -1.31. The summed E-state index contributed by atoms with van der Waals surface area (Å²) in [6.07, 6.45) is 4.68. The number of Topliss-reactive ketones (excluding diaryl/α,β-unsaturated/α-hetero) is 1. The van der Waals surface area contributed by atoms with Crippen molar-refractivity contribution >= 4 is 18.0 Å². The zero-order chi connectivity index (χ0) is 18.0. The highest BCUT2D eigenvalue weighted by Crippen LogP contribution is 2.03. The lowest BCUT2D eigenvalue weighted by molar-refractivity contribution is -0.126. The molecule has 0 aliphatic carbocycles. The van der Waals surface area contributed by atoms with E-state index in [-0.39, 0.29) is 30.8 Å². The molecule has 140 valence electrons. The van der Waals surface area contributed by atoms with Gasteiger partial charge in [0.2, 0.25) is 5.91 Å². The second-order valence-corrected chi connectivity index (χ2v) is 5.70. The van der Waals surface area contributed by atoms with Crippen molar-refractivity contribution in [3.8, 4) is 0 Å². The predicted molar refractivity (Wildman–Crippen MR) is 89.8 cm³/mol. The second kappa shape index (κ2) is 16.5. The molecule has 1 atom stereocenters. The first-order valence-electron chi connectivity index (χ1n) is 8.48. The van der Waals surface area contributed by atoms with Gasteiger partial charge in [-0.05, 0) is 19.3 Å². The van der Waals surface area contributed by atoms with Gasteiger partial charge in [0.25, 0.3) is 0 Å². The molecule has 7 heteroatoms. The molecule has 0 aromatic carbocycles. The average molecular weight is 345 g/mol. The van der Waals surface area contributed by atoms with E-state index in [0.29, 0.717) is 39.2 Å². The summed E-state index contributed by atoms with van der Waals surface area (Å²) in [6, 6.07) is 0. The van der Waals surface area contributed by atoms with E-state index in [1.54, 1.807) is 0 Å². The first-order valence-corrected chi connectivity index (χ1v) is 8.48. The molecule has 7 nitrogen and oxygen atoms in total. The van der Waals surface area contributed by atoms with Crippen molar-refractivity contribution in [2.24, 2.45) is 5.92 Å². The number of hydrogen-bond acceptors (Lipinski definition) is 6. The Morgan fingerprint density at radius 3 is 2.50 bits per heavy atom. The van der Waals surface area contributed by atoms with E-state index in [1.165, 1.54) is 7.11 Å². The predicted octanol–water partition coefficient (Wildman–Crippen LogP) is 1.14. The Labute approximate surface area is 144 Å². The first kappa shape index (κ1) is 22.7. The third kappa shape index (κ3) is 15.6. The summed E-state index contributed by atoms with van der Waals surface area (Å²) in [5.41, 5.74) is 0. The number of nitrogens with one attached hydrogen (secondary N) is 1. The van der Waals surface area contributed by atoms with E-state index in [0.717, 1.165) is 25.5 Å². The quantitative estimate of drug-likeness (QED) is 0.314. The van der Waals surface area contributed by atoms with Gasteiger partial charge in [-0.2, -0.15) is 0 Å². The van der Waals surface area contributed by atoms with Crippen LogP contribution in [-0.2, 0) is 28.6 Å². The van der Waals surface area contributed by atoms with Gasteiger partial charge < -0.3 is 24.3 Å². The summed E-state index contributed by atoms with van der Waals surface area (Å²) in [7, 11) is 1.50. The van der Waals surface area contributed by atoms with Crippen molar-refractivity contribution in [2.75, 3.05) is 46.7 Å². The number of ether oxygens (including phenoxy) is 3. The summed E-state index contributed by atoms with van der Waals surface area (Å²) in [6.45, 7) is 3.88. The summed E-state index contributed by atoms with van der Waals surface area (Å²) in [5.74, 6) is 0.000342. The molecular weight excluding hydrogens is 314 g/mol. The number of unbranched alkanes of at least 4 members (excludes halogenated alkanes) is 1. The molecule has 0 bridgehead atoms. The van der Waals surface area contributed by atoms with Crippen LogP contribution in [0.1, 0.15) is 39.0 Å². The molecule has 1 N–H and O–H groups in total. The highest BCUT2D eigenvalue weighted by molar-refractivity contribution is 5.79. The Morgan fingerprint density at radius 2 is 1.79 bits per heavy atom. The molecule has 0 saturated heterocycles. The van der Waals surface area contributed by atoms with Crippen LogP contribution in [0.5, 0.6) is 0 Å². The van der Waals surface area contributed by atoms with Gasteiger partial charge >= 0.3 is 0 Å². The molecular formula is C17H31NO6. The lowest BCUT2D eigenvalue weighted by atomic mass is 10.1. The molecule has 0 fully saturated rings. The van der Waals surface area contributed by atoms with E-state index < -0.39 is 0 Å². The number of methoxy groups -OCH3 is 1. The first-order chi connectivity index (χ1) is 11.6. The number of aldehydes is 1. The number of amides is 1. The van der Waals surface area contributed by atoms with Crippen LogP contribution in [0.25, 0.3) is 0 Å². The smallest absolute Gasteiger partial charge is 0.245 e. The van der Waals surface area contributed by atoms with E-state index in [4.69, 9.17) is 14.2 Å². The molecule has 24 heavy (non-hydrogen) atoms. The highest BCUT2D eigenvalue weighted by atomic mass is 16.5. The number of hydrogen-bond donors (Lipinski definition) is 1. The van der Waals surface area contributed by atoms with Gasteiger partial charge in [-0.1, -0.05) is 13.3 Å². The van der Waals surface area contributed by atoms with Gasteiger partial charge in [0.1, 0.15) is 19.5 Å². The fraction of sp³-hybridized carbons (Fsp3) is 0.824. The van der Waals surface area contributed by atoms with Crippen LogP contribution >= 0.6 is 0 Å². The number of carbonyl (C=O) groups is 3. The number of carbonyl (C=O) groups excluding carboxylic acids is 3. The van der Waals surface area contributed by atoms with E-state index in [1.807, 2.05) is 6.92 Å². The van der Waals surface area contributed by atoms with Crippen molar-refractivity contribution in [1.29, 1.82) is 0 Å². The van der Waals surface area contributed by atoms with Crippen molar-refractivity contribution in [3.05, 3.63) is 0 Å². The van der Waals surface area contributed by atoms with Crippen LogP contribution in [0.3, 0.4) is 0 Å². The van der Waals surface area contributed by atoms with E-state index >= 15 is 0 Å². The monoisotopic (exact) mass is 345 g/mol. The third-order valence-electron chi connectivity index (χ3n) is 3.30. The molecule has 0 heterocycles. The van der Waals surface area contributed by atoms with Gasteiger partial charge in [-0.3, -0.25) is 9.59 Å². The average Bonchev–Trinajstić information content (AvgIpc) is 2.56. The molecule has 0 radical (unpaired) electrons. The highest BCUT2D eigenvalue weighted by Gasteiger charge is 2.03. The fourth-order valence-corrected chi connectivity index (χ4v) is 1.93. The van der Waals surface area contributed by atoms with Gasteiger partial charge in [0.05, 0.1) is 13.2 Å². The number of ketones is 1. The lowest BCUT2D eigenvalue weighted by Gasteiger charge is -2.07. The maximum Gasteiger partial charge on any atom is 0.245 e. The van der Waals surface area contributed by atoms with Crippen molar-refractivity contribution < 1.29 is 28.6 Å². The second-order valence-electron chi connectivity index (χ2n) is 5.70. The van der Waals surface area contributed by atoms with Crippen LogP contribution in [0.4, 0.5) is 0 Å². The van der Waals surface area contributed by atoms with E-state index in [9.17, 15) is 14.4 Å². The SMILES string of the molecule is COCC(=O)CCCOCCOCC(=O)NCCCC[C@H](C)C=O. The van der Waals surface area contributed by atoms with Gasteiger partial charge in [-0.15, -0.1) is 0 Å². The van der Waals surface area contributed by atoms with Gasteiger partial charge in [0, 0.05) is 32.6 Å². The topological polar surface area (TPSA) is 90.9 Å². The van der Waals surface area contributed by atoms with Gasteiger partial charge in [-0.25, -0.2) is 0 Å². The van der Waals surface area contributed by atoms with Crippen LogP contribution in [0.15, 0.2) is 0 Å². The molecule has 0 aromatic rings.